The van der Waals surface area contributed by atoms with Crippen LogP contribution in [0.25, 0.3) is 0 Å². The van der Waals surface area contributed by atoms with Crippen LogP contribution in [0.3, 0.4) is 0 Å². The van der Waals surface area contributed by atoms with Crippen molar-refractivity contribution in [1.29, 1.82) is 0 Å². The molecule has 0 aromatic rings. The summed E-state index contributed by atoms with van der Waals surface area (Å²) in [4.78, 5) is 126. The van der Waals surface area contributed by atoms with Gasteiger partial charge in [0.2, 0.25) is 59.5 Å². The Morgan fingerprint density at radius 3 is 1.09 bits per heavy atom. The Hall–Kier alpha value is -5.65. The van der Waals surface area contributed by atoms with Crippen molar-refractivity contribution in [2.75, 3.05) is 125 Å². The fourth-order valence-corrected chi connectivity index (χ4v) is 10.1. The number of hydrogen-bond acceptors (Lipinski definition) is 31. The van der Waals surface area contributed by atoms with E-state index in [0.29, 0.717) is 51.5 Å². The number of carbonyl (C=O) groups excluding carboxylic acids is 9. The van der Waals surface area contributed by atoms with Crippen LogP contribution in [-0.4, -0.2) is 322 Å². The van der Waals surface area contributed by atoms with Crippen molar-refractivity contribution in [3.63, 3.8) is 0 Å². The summed E-state index contributed by atoms with van der Waals surface area (Å²) >= 11 is 0. The Kier molecular flexibility index (Phi) is 44.1. The second-order valence-electron chi connectivity index (χ2n) is 23.7. The molecule has 3 saturated heterocycles. The van der Waals surface area contributed by atoms with Crippen LogP contribution in [0.15, 0.2) is 0 Å². The van der Waals surface area contributed by atoms with Crippen molar-refractivity contribution in [1.82, 2.24) is 53.2 Å². The minimum atomic E-state index is -1.53. The van der Waals surface area contributed by atoms with Crippen molar-refractivity contribution >= 4 is 53.2 Å². The molecule has 99 heavy (non-hydrogen) atoms. The number of carbonyl (C=O) groups is 9. The summed E-state index contributed by atoms with van der Waals surface area (Å²) in [5, 5.41) is 117. The van der Waals surface area contributed by atoms with Crippen LogP contribution in [0.1, 0.15) is 97.8 Å². The third-order valence-electron chi connectivity index (χ3n) is 15.3. The van der Waals surface area contributed by atoms with Gasteiger partial charge in [-0.3, -0.25) is 53.3 Å². The lowest BCUT2D eigenvalue weighted by Gasteiger charge is -2.42. The molecule has 40 heteroatoms. The zero-order chi connectivity index (χ0) is 73.1. The van der Waals surface area contributed by atoms with E-state index in [1.807, 2.05) is 0 Å². The molecule has 3 aliphatic rings. The van der Waals surface area contributed by atoms with Crippen molar-refractivity contribution in [2.45, 2.75) is 195 Å². The lowest BCUT2D eigenvalue weighted by molar-refractivity contribution is -0.413. The Morgan fingerprint density at radius 2 is 0.747 bits per heavy atom. The molecule has 0 aliphatic carbocycles. The Morgan fingerprint density at radius 1 is 0.414 bits per heavy atom. The van der Waals surface area contributed by atoms with Crippen LogP contribution in [-0.2, 0) is 95.7 Å². The molecule has 572 valence electrons. The highest BCUT2D eigenvalue weighted by Crippen LogP contribution is 2.25. The van der Waals surface area contributed by atoms with E-state index in [4.69, 9.17) is 53.6 Å². The van der Waals surface area contributed by atoms with Crippen LogP contribution in [0, 0.1) is 0 Å². The first-order valence-electron chi connectivity index (χ1n) is 33.0. The van der Waals surface area contributed by atoms with Crippen molar-refractivity contribution in [3.8, 4) is 0 Å². The van der Waals surface area contributed by atoms with Crippen molar-refractivity contribution in [2.24, 2.45) is 5.90 Å². The molecule has 9 unspecified atom stereocenters. The second-order valence-corrected chi connectivity index (χ2v) is 23.7. The molecule has 0 saturated carbocycles. The Bertz CT molecular complexity index is 2280. The molecule has 9 amide bonds. The summed E-state index contributed by atoms with van der Waals surface area (Å²) in [6.45, 7) is 1.17. The number of hydrogen-bond donors (Lipinski definition) is 20. The molecule has 21 N–H and O–H groups in total. The Labute approximate surface area is 572 Å². The van der Waals surface area contributed by atoms with Gasteiger partial charge in [0, 0.05) is 98.8 Å². The summed E-state index contributed by atoms with van der Waals surface area (Å²) < 4.78 is 45.6. The quantitative estimate of drug-likeness (QED) is 0.0116. The molecule has 3 aliphatic heterocycles. The topological polar surface area (TPSA) is 584 Å². The zero-order valence-electron chi connectivity index (χ0n) is 56.3. The summed E-state index contributed by atoms with van der Waals surface area (Å²) in [5.41, 5.74) is -1.50. The highest BCUT2D eigenvalue weighted by atomic mass is 17.2. The summed E-state index contributed by atoms with van der Waals surface area (Å²) in [5.74, 6) is 1.26. The number of unbranched alkanes of at least 4 members (excludes halogenated alkanes) is 2. The first-order chi connectivity index (χ1) is 47.4. The molecule has 3 fully saturated rings. The van der Waals surface area contributed by atoms with E-state index in [2.05, 4.69) is 58.0 Å². The number of rotatable bonds is 52. The molecule has 0 radical (unpaired) electrons. The average Bonchev–Trinajstić information content (AvgIpc) is 0.830. The molecular formula is C59H107N11O29. The summed E-state index contributed by atoms with van der Waals surface area (Å²) in [6.07, 6.45) is -13.4. The van der Waals surface area contributed by atoms with Gasteiger partial charge in [0.05, 0.1) is 59.5 Å². The SMILES string of the molecule is CC(=O)NC1C(O)[C@@H](O)C(CO)O[C@H]1OCCCCC(=O)NCCCNC(=O)CCOCC(COCCC(=O)NCCCNCOO[C@@H]1OC(CO)[C@H](O)C(O)C1NC(C)=O)(COCCC(=O)NCCCNC(=O)CCCCO[C@@H]1OC(CO)[C@H](O)C(O)C1NC(C)=O)NC(=O)CON. The van der Waals surface area contributed by atoms with Gasteiger partial charge >= 0.3 is 0 Å². The van der Waals surface area contributed by atoms with E-state index in [1.165, 1.54) is 20.8 Å². The van der Waals surface area contributed by atoms with Crippen LogP contribution < -0.4 is 59.1 Å². The van der Waals surface area contributed by atoms with E-state index in [9.17, 15) is 89.1 Å². The largest absolute Gasteiger partial charge is 0.394 e. The fourth-order valence-electron chi connectivity index (χ4n) is 10.1. The van der Waals surface area contributed by atoms with E-state index >= 15 is 0 Å². The van der Waals surface area contributed by atoms with Gasteiger partial charge in [-0.05, 0) is 51.5 Å². The number of aliphatic hydroxyl groups excluding tert-OH is 9. The molecule has 0 aromatic carbocycles. The van der Waals surface area contributed by atoms with Crippen LogP contribution in [0.5, 0.6) is 0 Å². The van der Waals surface area contributed by atoms with Crippen LogP contribution >= 0.6 is 0 Å². The monoisotopic (exact) mass is 1430 g/mol. The Balaban J connectivity index is 1.44. The summed E-state index contributed by atoms with van der Waals surface area (Å²) in [6, 6.07) is -3.39. The maximum atomic E-state index is 13.0. The number of ether oxygens (including phenoxy) is 8. The molecule has 0 aromatic heterocycles. The van der Waals surface area contributed by atoms with E-state index < -0.39 is 165 Å². The minimum Gasteiger partial charge on any atom is -0.394 e. The van der Waals surface area contributed by atoms with Gasteiger partial charge in [-0.25, -0.2) is 15.7 Å². The zero-order valence-corrected chi connectivity index (χ0v) is 56.3. The predicted molar refractivity (Wildman–Crippen MR) is 337 cm³/mol. The third kappa shape index (κ3) is 34.7. The molecule has 40 nitrogen and oxygen atoms in total. The lowest BCUT2D eigenvalue weighted by atomic mass is 9.97. The number of nitrogens with one attached hydrogen (secondary N) is 10. The maximum absolute atomic E-state index is 13.0. The molecule has 0 spiro atoms. The molecule has 3 rings (SSSR count). The van der Waals surface area contributed by atoms with Gasteiger partial charge < -0.3 is 132 Å². The van der Waals surface area contributed by atoms with Gasteiger partial charge in [-0.1, -0.05) is 0 Å². The van der Waals surface area contributed by atoms with Gasteiger partial charge in [-0.2, -0.15) is 0 Å². The normalized spacial score (nSPS) is 25.8. The lowest BCUT2D eigenvalue weighted by Crippen LogP contribution is -2.64. The molecule has 15 atom stereocenters. The molecule has 3 heterocycles. The van der Waals surface area contributed by atoms with Gasteiger partial charge in [0.25, 0.3) is 0 Å². The number of amides is 9. The molecule has 0 bridgehead atoms. The van der Waals surface area contributed by atoms with E-state index in [0.717, 1.165) is 0 Å². The average molecular weight is 1430 g/mol. The minimum absolute atomic E-state index is 0.0773. The third-order valence-corrected chi connectivity index (χ3v) is 15.3. The van der Waals surface area contributed by atoms with Gasteiger partial charge in [0.15, 0.2) is 12.6 Å². The van der Waals surface area contributed by atoms with Crippen LogP contribution in [0.4, 0.5) is 0 Å². The van der Waals surface area contributed by atoms with Crippen molar-refractivity contribution < 1.29 is 142 Å². The first kappa shape index (κ1) is 87.6. The van der Waals surface area contributed by atoms with E-state index in [1.54, 1.807) is 0 Å². The smallest absolute Gasteiger partial charge is 0.248 e. The van der Waals surface area contributed by atoms with Crippen LogP contribution in [0.2, 0.25) is 0 Å². The highest BCUT2D eigenvalue weighted by Gasteiger charge is 2.48. The van der Waals surface area contributed by atoms with Gasteiger partial charge in [0.1, 0.15) is 91.9 Å². The predicted octanol–water partition coefficient (Wildman–Crippen LogP) is -9.60. The highest BCUT2D eigenvalue weighted by molar-refractivity contribution is 5.79. The fraction of sp³-hybridized carbons (Fsp3) is 0.847. The standard InChI is InChI=1S/C59H107N11O29/c1-35(74)67-47-53(86)50(83)38(27-71)96-56(47)92-22-6-4-11-41(77)62-18-9-20-65-44(80)14-25-90-32-59(70-46(82)30-94-60,31-89-24-13-43(79)64-17-8-16-61-34-95-99-58-49(69-37(3)76)55(88)52(85)40(29-73)98-58)33-91-26-15-45(81)66-21-10-19-63-42(78)12-5-7-23-93-57-48(68-36(2)75)54(87)51(84)39(28-72)97-57/h38-40,47-58,61,71-73,83-88H,4-34,60H2,1-3H3,(H,62,77)(H,63,78)(H,64,79)(H,65,80)(H,66,81)(H,67,74)(H,68,75)(H,69,76)(H,70,82)/t38?,39?,40?,47?,48?,49?,50-,51-,52-,53?,54?,55?,56+,57+,58-,59?/m0/s1. The van der Waals surface area contributed by atoms with Crippen molar-refractivity contribution in [3.05, 3.63) is 0 Å². The number of aliphatic hydroxyl groups is 9. The first-order valence-corrected chi connectivity index (χ1v) is 33.0. The van der Waals surface area contributed by atoms with E-state index in [-0.39, 0.29) is 136 Å². The maximum Gasteiger partial charge on any atom is 0.248 e. The molecular weight excluding hydrogens is 1330 g/mol. The van der Waals surface area contributed by atoms with Gasteiger partial charge in [-0.15, -0.1) is 0 Å². The summed E-state index contributed by atoms with van der Waals surface area (Å²) in [7, 11) is 0. The number of nitrogens with two attached hydrogens (primary N) is 1. The second kappa shape index (κ2) is 49.8.